The van der Waals surface area contributed by atoms with Gasteiger partial charge in [0.15, 0.2) is 11.6 Å². The number of hydrogen-bond acceptors (Lipinski definition) is 6. The Labute approximate surface area is 166 Å². The maximum Gasteiger partial charge on any atom is 0.380 e. The van der Waals surface area contributed by atoms with Gasteiger partial charge in [-0.3, -0.25) is 9.59 Å². The lowest BCUT2D eigenvalue weighted by Crippen LogP contribution is -2.39. The van der Waals surface area contributed by atoms with Gasteiger partial charge in [-0.2, -0.15) is 0 Å². The van der Waals surface area contributed by atoms with E-state index in [0.717, 1.165) is 12.2 Å². The Bertz CT molecular complexity index is 1180. The van der Waals surface area contributed by atoms with Gasteiger partial charge in [-0.05, 0) is 48.5 Å². The van der Waals surface area contributed by atoms with Crippen molar-refractivity contribution in [3.63, 3.8) is 0 Å². The Morgan fingerprint density at radius 3 is 1.29 bits per heavy atom. The molecule has 28 heavy (non-hydrogen) atoms. The average molecular weight is 417 g/mol. The molecule has 0 fully saturated rings. The molecule has 0 radical (unpaired) electrons. The van der Waals surface area contributed by atoms with Crippen molar-refractivity contribution in [2.75, 3.05) is 0 Å². The zero-order valence-corrected chi connectivity index (χ0v) is 15.5. The summed E-state index contributed by atoms with van der Waals surface area (Å²) in [5.41, 5.74) is -2.84. The van der Waals surface area contributed by atoms with Gasteiger partial charge in [0.25, 0.3) is 0 Å². The Balaban J connectivity index is 1.99. The summed E-state index contributed by atoms with van der Waals surface area (Å²) in [4.78, 5) is 48.3. The zero-order valence-electron chi connectivity index (χ0n) is 14.0. The zero-order chi connectivity index (χ0) is 20.3. The molecule has 0 aliphatic carbocycles. The minimum atomic E-state index is -1.07. The smallest absolute Gasteiger partial charge is 0.380 e. The third kappa shape index (κ3) is 4.54. The molecule has 0 unspecified atom stereocenters. The van der Waals surface area contributed by atoms with Crippen molar-refractivity contribution in [3.8, 4) is 0 Å². The summed E-state index contributed by atoms with van der Waals surface area (Å²) in [7, 11) is 0. The highest BCUT2D eigenvalue weighted by molar-refractivity contribution is 6.31. The number of carbonyl (C=O) groups is 2. The van der Waals surface area contributed by atoms with E-state index in [-0.39, 0.29) is 11.1 Å². The van der Waals surface area contributed by atoms with Crippen LogP contribution in [0.25, 0.3) is 12.2 Å². The van der Waals surface area contributed by atoms with Crippen LogP contribution in [0.2, 0.25) is 10.0 Å². The molecular formula is C20H10Cl2O6. The van der Waals surface area contributed by atoms with Gasteiger partial charge in [-0.1, -0.05) is 23.2 Å². The summed E-state index contributed by atoms with van der Waals surface area (Å²) in [6.07, 6.45) is 1.67. The van der Waals surface area contributed by atoms with Gasteiger partial charge in [0.2, 0.25) is 10.8 Å². The summed E-state index contributed by atoms with van der Waals surface area (Å²) in [6, 6.07) is 11.8. The van der Waals surface area contributed by atoms with E-state index in [9.17, 15) is 19.2 Å². The Kier molecular flexibility index (Phi) is 5.73. The number of Topliss-reactive ketones (excluding diaryl/α,β-unsaturated/α-hetero) is 2. The SMILES string of the molecule is O=C(/C=c1\oc(=O)/c(=C/C(=O)c2ccc(Cl)cc2)oc1=O)c1ccc(Cl)cc1. The molecule has 2 aromatic carbocycles. The number of halogens is 2. The molecule has 0 saturated carbocycles. The summed E-state index contributed by atoms with van der Waals surface area (Å²) in [6.45, 7) is 0. The van der Waals surface area contributed by atoms with Crippen LogP contribution in [0.3, 0.4) is 0 Å². The molecule has 140 valence electrons. The van der Waals surface area contributed by atoms with Crippen LogP contribution in [0.4, 0.5) is 0 Å². The molecule has 0 aliphatic heterocycles. The second-order valence-corrected chi connectivity index (χ2v) is 6.41. The van der Waals surface area contributed by atoms with Crippen molar-refractivity contribution in [2.45, 2.75) is 0 Å². The molecule has 0 atom stereocenters. The van der Waals surface area contributed by atoms with Gasteiger partial charge in [0.05, 0.1) is 0 Å². The molecule has 1 heterocycles. The minimum Gasteiger partial charge on any atom is -0.413 e. The van der Waals surface area contributed by atoms with Crippen LogP contribution in [-0.4, -0.2) is 11.6 Å². The molecule has 0 spiro atoms. The molecule has 0 amide bonds. The number of ketones is 2. The van der Waals surface area contributed by atoms with Gasteiger partial charge in [0, 0.05) is 33.3 Å². The largest absolute Gasteiger partial charge is 0.413 e. The van der Waals surface area contributed by atoms with E-state index in [1.54, 1.807) is 0 Å². The van der Waals surface area contributed by atoms with Crippen molar-refractivity contribution < 1.29 is 18.4 Å². The van der Waals surface area contributed by atoms with Gasteiger partial charge >= 0.3 is 11.3 Å². The number of benzene rings is 2. The van der Waals surface area contributed by atoms with Gasteiger partial charge in [-0.15, -0.1) is 0 Å². The first-order valence-corrected chi connectivity index (χ1v) is 8.56. The van der Waals surface area contributed by atoms with E-state index in [0.29, 0.717) is 10.0 Å². The standard InChI is InChI=1S/C20H10Cl2O6/c21-13-5-1-11(2-6-13)15(23)9-17-19(25)28-18(20(26)27-17)10-16(24)12-3-7-14(22)8-4-12/h1-10H/b17-9-,18-10-. The second-order valence-electron chi connectivity index (χ2n) is 5.54. The van der Waals surface area contributed by atoms with Crippen molar-refractivity contribution in [1.82, 2.24) is 0 Å². The Hall–Kier alpha value is -3.22. The highest BCUT2D eigenvalue weighted by atomic mass is 35.5. The fraction of sp³-hybridized carbons (Fsp3) is 0. The van der Waals surface area contributed by atoms with Crippen LogP contribution in [0, 0.1) is 0 Å². The second kappa shape index (κ2) is 8.21. The first-order valence-electron chi connectivity index (χ1n) is 7.81. The van der Waals surface area contributed by atoms with Crippen LogP contribution >= 0.6 is 23.2 Å². The third-order valence-electron chi connectivity index (χ3n) is 3.59. The highest BCUT2D eigenvalue weighted by Crippen LogP contribution is 2.11. The van der Waals surface area contributed by atoms with Crippen LogP contribution in [0.5, 0.6) is 0 Å². The first-order chi connectivity index (χ1) is 13.3. The lowest BCUT2D eigenvalue weighted by molar-refractivity contribution is 0.105. The maximum absolute atomic E-state index is 12.2. The quantitative estimate of drug-likeness (QED) is 0.605. The van der Waals surface area contributed by atoms with E-state index >= 15 is 0 Å². The minimum absolute atomic E-state index is 0.236. The van der Waals surface area contributed by atoms with Crippen molar-refractivity contribution in [1.29, 1.82) is 0 Å². The monoisotopic (exact) mass is 416 g/mol. The molecule has 0 saturated heterocycles. The van der Waals surface area contributed by atoms with E-state index in [1.807, 2.05) is 0 Å². The molecule has 0 aliphatic rings. The van der Waals surface area contributed by atoms with Crippen LogP contribution in [0.1, 0.15) is 20.7 Å². The van der Waals surface area contributed by atoms with Gasteiger partial charge in [-0.25, -0.2) is 9.59 Å². The molecule has 3 aromatic rings. The first kappa shape index (κ1) is 19.5. The summed E-state index contributed by atoms with van der Waals surface area (Å²) >= 11 is 11.5. The van der Waals surface area contributed by atoms with Crippen molar-refractivity contribution >= 4 is 46.9 Å². The summed E-state index contributed by atoms with van der Waals surface area (Å²) in [5, 5.41) is 0.876. The molecule has 1 aromatic heterocycles. The van der Waals surface area contributed by atoms with Crippen LogP contribution < -0.4 is 22.1 Å². The van der Waals surface area contributed by atoms with E-state index < -0.39 is 33.6 Å². The predicted octanol–water partition coefficient (Wildman–Crippen LogP) is 2.23. The van der Waals surface area contributed by atoms with E-state index in [2.05, 4.69) is 0 Å². The third-order valence-corrected chi connectivity index (χ3v) is 4.09. The molecule has 8 heteroatoms. The average Bonchev–Trinajstić information content (AvgIpc) is 2.66. The highest BCUT2D eigenvalue weighted by Gasteiger charge is 2.09. The van der Waals surface area contributed by atoms with Gasteiger partial charge in [0.1, 0.15) is 0 Å². The van der Waals surface area contributed by atoms with E-state index in [4.69, 9.17) is 32.0 Å². The molecule has 6 nitrogen and oxygen atoms in total. The number of hydrogen-bond donors (Lipinski definition) is 0. The fourth-order valence-corrected chi connectivity index (χ4v) is 2.45. The predicted molar refractivity (Wildman–Crippen MR) is 103 cm³/mol. The fourth-order valence-electron chi connectivity index (χ4n) is 2.19. The molecule has 3 rings (SSSR count). The number of rotatable bonds is 4. The molecule has 0 bridgehead atoms. The molecular weight excluding hydrogens is 407 g/mol. The lowest BCUT2D eigenvalue weighted by atomic mass is 10.1. The van der Waals surface area contributed by atoms with Crippen molar-refractivity contribution in [3.05, 3.63) is 101 Å². The molecule has 0 N–H and O–H groups in total. The summed E-state index contributed by atoms with van der Waals surface area (Å²) in [5.74, 6) is -1.16. The Morgan fingerprint density at radius 2 is 0.964 bits per heavy atom. The topological polar surface area (TPSA) is 94.6 Å². The van der Waals surface area contributed by atoms with E-state index in [1.165, 1.54) is 48.5 Å². The lowest BCUT2D eigenvalue weighted by Gasteiger charge is -1.96. The van der Waals surface area contributed by atoms with Crippen molar-refractivity contribution in [2.24, 2.45) is 0 Å². The summed E-state index contributed by atoms with van der Waals surface area (Å²) < 4.78 is 9.68. The normalized spacial score (nSPS) is 12.2. The number of carbonyl (C=O) groups excluding carboxylic acids is 2. The van der Waals surface area contributed by atoms with Crippen LogP contribution in [0.15, 0.2) is 67.0 Å². The van der Waals surface area contributed by atoms with Crippen LogP contribution in [-0.2, 0) is 0 Å². The van der Waals surface area contributed by atoms with Gasteiger partial charge < -0.3 is 8.83 Å². The maximum atomic E-state index is 12.2. The Morgan fingerprint density at radius 1 is 0.643 bits per heavy atom.